The Labute approximate surface area is 281 Å². The maximum absolute atomic E-state index is 14.1. The number of carbonyl (C=O) groups is 2. The fourth-order valence-corrected chi connectivity index (χ4v) is 6.14. The minimum Gasteiger partial charge on any atom is -0.491 e. The number of piperazine rings is 1. The number of hydrogen-bond donors (Lipinski definition) is 0. The summed E-state index contributed by atoms with van der Waals surface area (Å²) in [6.07, 6.45) is -0.129. The number of hydrogen-bond acceptors (Lipinski definition) is 9. The summed E-state index contributed by atoms with van der Waals surface area (Å²) in [7, 11) is 1.42. The van der Waals surface area contributed by atoms with Crippen molar-refractivity contribution in [2.24, 2.45) is 13.0 Å². The van der Waals surface area contributed by atoms with Crippen LogP contribution in [0.4, 0.5) is 23.9 Å². The molecule has 15 heteroatoms. The van der Waals surface area contributed by atoms with Gasteiger partial charge in [-0.25, -0.2) is 19.7 Å². The van der Waals surface area contributed by atoms with Crippen LogP contribution >= 0.6 is 0 Å². The highest BCUT2D eigenvalue weighted by Gasteiger charge is 2.40. The first kappa shape index (κ1) is 33.9. The molecule has 6 rings (SSSR count). The SMILES string of the molecule is Cc1cc(C[C@@H]2COc3c(cc(Cn4ccnc4C)cc3-c3cn(C)nc3C(F)(F)F)C2=O)nc(N2CCN(C(=O)OC(C)(C)C)CC2)n1. The van der Waals surface area contributed by atoms with E-state index >= 15 is 0 Å². The zero-order chi connectivity index (χ0) is 35.2. The van der Waals surface area contributed by atoms with Crippen LogP contribution in [0.15, 0.2) is 36.8 Å². The van der Waals surface area contributed by atoms with Crippen LogP contribution < -0.4 is 9.64 Å². The summed E-state index contributed by atoms with van der Waals surface area (Å²) in [6, 6.07) is 5.14. The van der Waals surface area contributed by atoms with Crippen molar-refractivity contribution in [3.63, 3.8) is 0 Å². The van der Waals surface area contributed by atoms with Gasteiger partial charge in [-0.3, -0.25) is 9.48 Å². The number of anilines is 1. The van der Waals surface area contributed by atoms with E-state index in [9.17, 15) is 22.8 Å². The van der Waals surface area contributed by atoms with Crippen LogP contribution in [0.25, 0.3) is 11.1 Å². The number of alkyl halides is 3. The van der Waals surface area contributed by atoms with Gasteiger partial charge in [-0.05, 0) is 58.4 Å². The second-order valence-corrected chi connectivity index (χ2v) is 13.5. The molecule has 0 unspecified atom stereocenters. The number of rotatable bonds is 6. The molecule has 3 aromatic heterocycles. The Kier molecular flexibility index (Phi) is 8.88. The lowest BCUT2D eigenvalue weighted by molar-refractivity contribution is -0.141. The van der Waals surface area contributed by atoms with E-state index in [4.69, 9.17) is 14.5 Å². The van der Waals surface area contributed by atoms with Crippen molar-refractivity contribution in [1.82, 2.24) is 34.2 Å². The lowest BCUT2D eigenvalue weighted by atomic mass is 9.87. The van der Waals surface area contributed by atoms with Crippen LogP contribution in [0.3, 0.4) is 0 Å². The Morgan fingerprint density at radius 3 is 2.39 bits per heavy atom. The predicted octanol–water partition coefficient (Wildman–Crippen LogP) is 5.25. The minimum absolute atomic E-state index is 0.0344. The van der Waals surface area contributed by atoms with Gasteiger partial charge >= 0.3 is 12.3 Å². The van der Waals surface area contributed by atoms with Gasteiger partial charge in [0.1, 0.15) is 17.2 Å². The molecule has 0 aliphatic carbocycles. The van der Waals surface area contributed by atoms with Crippen LogP contribution in [0.5, 0.6) is 5.75 Å². The highest BCUT2D eigenvalue weighted by Crippen LogP contribution is 2.44. The van der Waals surface area contributed by atoms with E-state index in [1.807, 2.05) is 50.2 Å². The van der Waals surface area contributed by atoms with Crippen LogP contribution in [-0.2, 0) is 30.9 Å². The van der Waals surface area contributed by atoms with E-state index in [2.05, 4.69) is 15.1 Å². The summed E-state index contributed by atoms with van der Waals surface area (Å²) in [6.45, 7) is 11.3. The van der Waals surface area contributed by atoms with E-state index in [1.165, 1.54) is 13.2 Å². The molecule has 49 heavy (non-hydrogen) atoms. The average molecular weight is 681 g/mol. The molecule has 1 fully saturated rings. The molecule has 1 saturated heterocycles. The molecule has 5 heterocycles. The zero-order valence-corrected chi connectivity index (χ0v) is 28.3. The third-order valence-electron chi connectivity index (χ3n) is 8.44. The number of aromatic nitrogens is 6. The summed E-state index contributed by atoms with van der Waals surface area (Å²) >= 11 is 0. The second-order valence-electron chi connectivity index (χ2n) is 13.5. The third kappa shape index (κ3) is 7.39. The summed E-state index contributed by atoms with van der Waals surface area (Å²) in [5.74, 6) is 0.451. The number of benzene rings is 1. The summed E-state index contributed by atoms with van der Waals surface area (Å²) in [5.41, 5.74) is 0.541. The quantitative estimate of drug-likeness (QED) is 0.269. The largest absolute Gasteiger partial charge is 0.491 e. The number of amides is 1. The van der Waals surface area contributed by atoms with E-state index in [0.717, 1.165) is 16.2 Å². The molecule has 2 aliphatic heterocycles. The van der Waals surface area contributed by atoms with Gasteiger partial charge in [-0.1, -0.05) is 0 Å². The molecule has 4 aromatic rings. The molecule has 0 spiro atoms. The monoisotopic (exact) mass is 680 g/mol. The van der Waals surface area contributed by atoms with Crippen LogP contribution in [0, 0.1) is 19.8 Å². The topological polar surface area (TPSA) is 120 Å². The molecule has 1 atom stereocenters. The number of carbonyl (C=O) groups excluding carboxylic acids is 2. The fourth-order valence-electron chi connectivity index (χ4n) is 6.14. The number of fused-ring (bicyclic) bond motifs is 1. The van der Waals surface area contributed by atoms with Gasteiger partial charge in [-0.15, -0.1) is 0 Å². The number of imidazole rings is 1. The average Bonchev–Trinajstić information content (AvgIpc) is 3.62. The van der Waals surface area contributed by atoms with Gasteiger partial charge in [0, 0.05) is 87.3 Å². The Morgan fingerprint density at radius 1 is 1.02 bits per heavy atom. The molecule has 0 bridgehead atoms. The van der Waals surface area contributed by atoms with Crippen LogP contribution in [0.2, 0.25) is 0 Å². The lowest BCUT2D eigenvalue weighted by Crippen LogP contribution is -2.50. The Bertz CT molecular complexity index is 1890. The van der Waals surface area contributed by atoms with E-state index < -0.39 is 23.4 Å². The Balaban J connectivity index is 1.27. The van der Waals surface area contributed by atoms with Gasteiger partial charge in [0.15, 0.2) is 11.5 Å². The normalized spacial score (nSPS) is 16.8. The summed E-state index contributed by atoms with van der Waals surface area (Å²) in [5, 5.41) is 3.69. The molecule has 1 aromatic carbocycles. The van der Waals surface area contributed by atoms with Gasteiger partial charge in [0.05, 0.1) is 18.1 Å². The maximum atomic E-state index is 14.1. The first-order chi connectivity index (χ1) is 23.1. The summed E-state index contributed by atoms with van der Waals surface area (Å²) in [4.78, 5) is 44.0. The molecule has 0 saturated carbocycles. The molecule has 2 aliphatic rings. The standard InChI is InChI=1S/C34H39F3N8O4/c1-20-13-24(40-31(39-20)43-9-11-44(12-10-43)32(47)49-33(3,4)5)16-23-19-48-29-25(27-18-42(6)41-30(27)34(35,36)37)14-22(15-26(29)28(23)46)17-45-8-7-38-21(45)2/h7-8,13-15,18,23H,9-12,16-17,19H2,1-6H3/t23-/m1/s1. The van der Waals surface area contributed by atoms with E-state index in [-0.39, 0.29) is 47.3 Å². The Morgan fingerprint density at radius 2 is 1.73 bits per heavy atom. The fraction of sp³-hybridized carbons (Fsp3) is 0.471. The molecular formula is C34H39F3N8O4. The molecule has 260 valence electrons. The van der Waals surface area contributed by atoms with Crippen molar-refractivity contribution in [3.05, 3.63) is 70.8 Å². The number of nitrogens with zero attached hydrogens (tertiary/aromatic N) is 8. The molecule has 12 nitrogen and oxygen atoms in total. The second kappa shape index (κ2) is 12.8. The van der Waals surface area contributed by atoms with E-state index in [1.54, 1.807) is 29.4 Å². The lowest BCUT2D eigenvalue weighted by Gasteiger charge is -2.35. The highest BCUT2D eigenvalue weighted by atomic mass is 19.4. The maximum Gasteiger partial charge on any atom is 0.435 e. The predicted molar refractivity (Wildman–Crippen MR) is 174 cm³/mol. The van der Waals surface area contributed by atoms with Crippen molar-refractivity contribution in [3.8, 4) is 16.9 Å². The van der Waals surface area contributed by atoms with Gasteiger partial charge in [-0.2, -0.15) is 18.3 Å². The Hall–Kier alpha value is -4.95. The first-order valence-corrected chi connectivity index (χ1v) is 16.1. The first-order valence-electron chi connectivity index (χ1n) is 16.1. The van der Waals surface area contributed by atoms with Gasteiger partial charge in [0.25, 0.3) is 0 Å². The van der Waals surface area contributed by atoms with Gasteiger partial charge < -0.3 is 23.8 Å². The van der Waals surface area contributed by atoms with Crippen LogP contribution in [0.1, 0.15) is 59.6 Å². The third-order valence-corrected chi connectivity index (χ3v) is 8.44. The molecular weight excluding hydrogens is 641 g/mol. The van der Waals surface area contributed by atoms with Crippen molar-refractivity contribution >= 4 is 17.8 Å². The van der Waals surface area contributed by atoms with Crippen molar-refractivity contribution in [2.45, 2.75) is 59.4 Å². The summed E-state index contributed by atoms with van der Waals surface area (Å²) < 4.78 is 56.9. The number of ether oxygens (including phenoxy) is 2. The molecule has 1 amide bonds. The van der Waals surface area contributed by atoms with Crippen molar-refractivity contribution in [1.29, 1.82) is 0 Å². The van der Waals surface area contributed by atoms with Crippen molar-refractivity contribution in [2.75, 3.05) is 37.7 Å². The molecule has 0 radical (unpaired) electrons. The number of aryl methyl sites for hydroxylation is 3. The highest BCUT2D eigenvalue weighted by molar-refractivity contribution is 6.04. The zero-order valence-electron chi connectivity index (χ0n) is 28.3. The molecule has 0 N–H and O–H groups in total. The van der Waals surface area contributed by atoms with E-state index in [0.29, 0.717) is 49.9 Å². The number of ketones is 1. The number of halogens is 3. The van der Waals surface area contributed by atoms with Crippen molar-refractivity contribution < 1.29 is 32.2 Å². The van der Waals surface area contributed by atoms with Crippen LogP contribution in [-0.4, -0.2) is 84.5 Å². The van der Waals surface area contributed by atoms with Gasteiger partial charge in [0.2, 0.25) is 5.95 Å². The minimum atomic E-state index is -4.72. The number of Topliss-reactive ketones (excluding diaryl/α,β-unsaturated/α-hetero) is 1. The smallest absolute Gasteiger partial charge is 0.435 e.